The van der Waals surface area contributed by atoms with E-state index in [0.29, 0.717) is 17.8 Å². The minimum Gasteiger partial charge on any atom is -0.333 e. The van der Waals surface area contributed by atoms with Crippen LogP contribution in [0.25, 0.3) is 5.65 Å². The number of fused-ring (bicyclic) bond motifs is 1. The van der Waals surface area contributed by atoms with Gasteiger partial charge in [0.1, 0.15) is 5.56 Å². The van der Waals surface area contributed by atoms with E-state index >= 15 is 0 Å². The van der Waals surface area contributed by atoms with Crippen molar-refractivity contribution in [1.82, 2.24) is 29.3 Å². The quantitative estimate of drug-likeness (QED) is 0.805. The minimum atomic E-state index is -0.0461. The third-order valence-corrected chi connectivity index (χ3v) is 5.86. The summed E-state index contributed by atoms with van der Waals surface area (Å²) in [4.78, 5) is 24.4. The number of rotatable bonds is 5. The third-order valence-electron chi connectivity index (χ3n) is 5.86. The van der Waals surface area contributed by atoms with Crippen molar-refractivity contribution in [3.05, 3.63) is 29.7 Å². The first-order valence-electron chi connectivity index (χ1n) is 9.83. The normalized spacial score (nSPS) is 20.6. The van der Waals surface area contributed by atoms with Crippen molar-refractivity contribution >= 4 is 11.6 Å². The van der Waals surface area contributed by atoms with Crippen molar-refractivity contribution < 1.29 is 4.79 Å². The Balaban J connectivity index is 1.85. The van der Waals surface area contributed by atoms with E-state index in [-0.39, 0.29) is 17.5 Å². The largest absolute Gasteiger partial charge is 0.333 e. The molecule has 0 saturated carbocycles. The number of carbonyl (C=O) groups excluding carboxylic acids is 1. The molecule has 3 rings (SSSR count). The molecule has 0 bridgehead atoms. The van der Waals surface area contributed by atoms with E-state index in [1.54, 1.807) is 10.7 Å². The van der Waals surface area contributed by atoms with E-state index in [4.69, 9.17) is 0 Å². The molecule has 1 atom stereocenters. The molecule has 2 aromatic heterocycles. The second-order valence-electron chi connectivity index (χ2n) is 8.23. The molecule has 0 N–H and O–H groups in total. The summed E-state index contributed by atoms with van der Waals surface area (Å²) in [6.07, 6.45) is 5.50. The maximum Gasteiger partial charge on any atom is 0.259 e. The number of nitrogens with zero attached hydrogens (tertiary/aromatic N) is 6. The van der Waals surface area contributed by atoms with Crippen molar-refractivity contribution in [2.45, 2.75) is 52.7 Å². The van der Waals surface area contributed by atoms with Gasteiger partial charge in [0.25, 0.3) is 5.91 Å². The van der Waals surface area contributed by atoms with Gasteiger partial charge in [-0.05, 0) is 40.9 Å². The molecule has 1 amide bonds. The summed E-state index contributed by atoms with van der Waals surface area (Å²) in [5, 5.41) is 4.41. The monoisotopic (exact) mass is 372 g/mol. The summed E-state index contributed by atoms with van der Waals surface area (Å²) >= 11 is 0. The van der Waals surface area contributed by atoms with Crippen molar-refractivity contribution in [2.75, 3.05) is 33.2 Å². The van der Waals surface area contributed by atoms with Gasteiger partial charge in [-0.2, -0.15) is 5.10 Å². The average Bonchev–Trinajstić information content (AvgIpc) is 3.05. The number of hydrogen-bond donors (Lipinski definition) is 0. The maximum atomic E-state index is 13.2. The fourth-order valence-corrected chi connectivity index (χ4v) is 3.71. The molecule has 7 nitrogen and oxygen atoms in total. The third kappa shape index (κ3) is 3.84. The lowest BCUT2D eigenvalue weighted by atomic mass is 9.96. The molecule has 0 aromatic carbocycles. The van der Waals surface area contributed by atoms with Crippen molar-refractivity contribution in [1.29, 1.82) is 0 Å². The van der Waals surface area contributed by atoms with Gasteiger partial charge < -0.3 is 4.90 Å². The lowest BCUT2D eigenvalue weighted by molar-refractivity contribution is 0.00803. The van der Waals surface area contributed by atoms with Crippen LogP contribution in [-0.4, -0.2) is 80.0 Å². The van der Waals surface area contributed by atoms with Crippen LogP contribution in [0.3, 0.4) is 0 Å². The van der Waals surface area contributed by atoms with Crippen LogP contribution in [0.4, 0.5) is 0 Å². The Morgan fingerprint density at radius 2 is 2.00 bits per heavy atom. The molecular formula is C20H32N6O. The highest BCUT2D eigenvalue weighted by Crippen LogP contribution is 2.25. The van der Waals surface area contributed by atoms with E-state index in [1.165, 1.54) is 0 Å². The molecule has 0 unspecified atom stereocenters. The van der Waals surface area contributed by atoms with Gasteiger partial charge in [0.2, 0.25) is 0 Å². The summed E-state index contributed by atoms with van der Waals surface area (Å²) in [6, 6.07) is 0.160. The standard InChI is InChI=1S/C20H32N6O/c1-7-24(8-2)12-16-9-21-18-17(10-22-26(18)13-16)19(27)25-14-20(4,5)23(6)11-15(25)3/h9-10,13,15H,7-8,11-12,14H2,1-6H3/t15-/m0/s1. The lowest BCUT2D eigenvalue weighted by Crippen LogP contribution is -2.62. The fraction of sp³-hybridized carbons (Fsp3) is 0.650. The van der Waals surface area contributed by atoms with Crippen molar-refractivity contribution in [3.8, 4) is 0 Å². The van der Waals surface area contributed by atoms with Gasteiger partial charge >= 0.3 is 0 Å². The van der Waals surface area contributed by atoms with E-state index in [0.717, 1.165) is 31.7 Å². The molecule has 1 saturated heterocycles. The molecule has 7 heteroatoms. The topological polar surface area (TPSA) is 57.0 Å². The zero-order valence-electron chi connectivity index (χ0n) is 17.4. The van der Waals surface area contributed by atoms with Crippen LogP contribution in [0, 0.1) is 0 Å². The van der Waals surface area contributed by atoms with Gasteiger partial charge in [-0.25, -0.2) is 9.50 Å². The van der Waals surface area contributed by atoms with Gasteiger partial charge in [-0.15, -0.1) is 0 Å². The predicted octanol–water partition coefficient (Wildman–Crippen LogP) is 2.13. The first-order chi connectivity index (χ1) is 12.8. The molecule has 0 aliphatic carbocycles. The average molecular weight is 373 g/mol. The van der Waals surface area contributed by atoms with Crippen molar-refractivity contribution in [2.24, 2.45) is 0 Å². The summed E-state index contributed by atoms with van der Waals surface area (Å²) in [7, 11) is 2.12. The minimum absolute atomic E-state index is 0.0164. The number of aromatic nitrogens is 3. The number of piperazine rings is 1. The first kappa shape index (κ1) is 19.8. The number of likely N-dealkylation sites (N-methyl/N-ethyl adjacent to an activating group) is 1. The Hall–Kier alpha value is -1.99. The van der Waals surface area contributed by atoms with E-state index in [1.807, 2.05) is 17.3 Å². The smallest absolute Gasteiger partial charge is 0.259 e. The molecule has 148 valence electrons. The molecule has 0 spiro atoms. The Morgan fingerprint density at radius 1 is 1.30 bits per heavy atom. The molecule has 0 radical (unpaired) electrons. The Morgan fingerprint density at radius 3 is 2.67 bits per heavy atom. The molecular weight excluding hydrogens is 340 g/mol. The molecule has 27 heavy (non-hydrogen) atoms. The number of amides is 1. The molecule has 1 aliphatic rings. The summed E-state index contributed by atoms with van der Waals surface area (Å²) in [5.74, 6) is 0.0164. The molecule has 3 heterocycles. The van der Waals surface area contributed by atoms with Crippen LogP contribution < -0.4 is 0 Å². The summed E-state index contributed by atoms with van der Waals surface area (Å²) in [5.41, 5.74) is 2.27. The highest BCUT2D eigenvalue weighted by atomic mass is 16.2. The Labute approximate surface area is 162 Å². The van der Waals surface area contributed by atoms with Gasteiger partial charge in [-0.3, -0.25) is 14.6 Å². The van der Waals surface area contributed by atoms with Gasteiger partial charge in [0.15, 0.2) is 5.65 Å². The van der Waals surface area contributed by atoms with Crippen LogP contribution in [0.2, 0.25) is 0 Å². The van der Waals surface area contributed by atoms with Gasteiger partial charge in [0.05, 0.1) is 6.20 Å². The van der Waals surface area contributed by atoms with Gasteiger partial charge in [-0.1, -0.05) is 13.8 Å². The lowest BCUT2D eigenvalue weighted by Gasteiger charge is -2.48. The fourth-order valence-electron chi connectivity index (χ4n) is 3.71. The zero-order valence-corrected chi connectivity index (χ0v) is 17.4. The van der Waals surface area contributed by atoms with E-state index in [9.17, 15) is 4.79 Å². The second kappa shape index (κ2) is 7.56. The van der Waals surface area contributed by atoms with Crippen molar-refractivity contribution in [3.63, 3.8) is 0 Å². The highest BCUT2D eigenvalue weighted by molar-refractivity contribution is 5.99. The first-order valence-corrected chi connectivity index (χ1v) is 9.83. The van der Waals surface area contributed by atoms with E-state index in [2.05, 4.69) is 61.5 Å². The summed E-state index contributed by atoms with van der Waals surface area (Å²) in [6.45, 7) is 15.1. The Kier molecular flexibility index (Phi) is 5.53. The van der Waals surface area contributed by atoms with Gasteiger partial charge in [0, 0.05) is 49.2 Å². The Bertz CT molecular complexity index is 810. The number of hydrogen-bond acceptors (Lipinski definition) is 5. The SMILES string of the molecule is CCN(CC)Cc1cnc2c(C(=O)N3CC(C)(C)N(C)C[C@@H]3C)cnn2c1. The van der Waals surface area contributed by atoms with Crippen LogP contribution in [0.1, 0.15) is 50.5 Å². The second-order valence-corrected chi connectivity index (χ2v) is 8.23. The predicted molar refractivity (Wildman–Crippen MR) is 107 cm³/mol. The highest BCUT2D eigenvalue weighted by Gasteiger charge is 2.38. The van der Waals surface area contributed by atoms with Crippen LogP contribution in [0.15, 0.2) is 18.6 Å². The molecule has 1 aliphatic heterocycles. The maximum absolute atomic E-state index is 13.2. The molecule has 1 fully saturated rings. The molecule has 2 aromatic rings. The number of carbonyl (C=O) groups is 1. The summed E-state index contributed by atoms with van der Waals surface area (Å²) < 4.78 is 1.73. The zero-order chi connectivity index (χ0) is 19.8. The van der Waals surface area contributed by atoms with Crippen LogP contribution >= 0.6 is 0 Å². The van der Waals surface area contributed by atoms with Crippen LogP contribution in [-0.2, 0) is 6.54 Å². The van der Waals surface area contributed by atoms with E-state index < -0.39 is 0 Å². The van der Waals surface area contributed by atoms with Crippen LogP contribution in [0.5, 0.6) is 0 Å².